The van der Waals surface area contributed by atoms with Crippen molar-refractivity contribution < 1.29 is 5.11 Å². The molecule has 0 aromatic heterocycles. The van der Waals surface area contributed by atoms with E-state index in [1.54, 1.807) is 6.07 Å². The maximum atomic E-state index is 9.80. The second-order valence-electron chi connectivity index (χ2n) is 7.16. The number of hydrogen-bond acceptors (Lipinski definition) is 3. The van der Waals surface area contributed by atoms with Crippen LogP contribution in [0.3, 0.4) is 0 Å². The first-order valence-electron chi connectivity index (χ1n) is 8.57. The fourth-order valence-electron chi connectivity index (χ4n) is 4.56. The Morgan fingerprint density at radius 1 is 1.00 bits per heavy atom. The molecule has 0 spiro atoms. The van der Waals surface area contributed by atoms with E-state index < -0.39 is 0 Å². The maximum absolute atomic E-state index is 9.80. The molecule has 6 heteroatoms. The Morgan fingerprint density at radius 2 is 1.73 bits per heavy atom. The van der Waals surface area contributed by atoms with Crippen LogP contribution in [-0.2, 0) is 6.54 Å². The molecule has 2 saturated heterocycles. The molecule has 4 rings (SSSR count). The van der Waals surface area contributed by atoms with E-state index in [1.165, 1.54) is 5.56 Å². The number of likely N-dealkylation sites (tertiary alicyclic amines) is 2. The summed E-state index contributed by atoms with van der Waals surface area (Å²) in [5.74, 6) is 1.54. The highest BCUT2D eigenvalue weighted by Gasteiger charge is 2.45. The second kappa shape index (κ2) is 8.81. The van der Waals surface area contributed by atoms with Crippen molar-refractivity contribution >= 4 is 36.4 Å². The van der Waals surface area contributed by atoms with Crippen LogP contribution in [0.4, 0.5) is 0 Å². The number of phenols is 1. The molecule has 2 aromatic rings. The van der Waals surface area contributed by atoms with E-state index in [1.807, 2.05) is 12.1 Å². The lowest BCUT2D eigenvalue weighted by Gasteiger charge is -2.27. The number of aromatic hydroxyl groups is 1. The standard InChI is InChI=1S/C20H23ClN2O.2ClH/c1-22-10-16-12-23(11-15-8-5-9-18(24)19(15)21)13-17(16)20(22)14-6-3-2-4-7-14;;/h2-9,16-17,20,24H,10-13H2,1H3;2*1H/t16-,17+,20-;;/m0../s1. The number of rotatable bonds is 3. The maximum Gasteiger partial charge on any atom is 0.134 e. The molecule has 2 aliphatic heterocycles. The highest BCUT2D eigenvalue weighted by molar-refractivity contribution is 6.32. The third kappa shape index (κ3) is 3.97. The van der Waals surface area contributed by atoms with Gasteiger partial charge in [0.2, 0.25) is 0 Å². The molecule has 0 saturated carbocycles. The summed E-state index contributed by atoms with van der Waals surface area (Å²) in [6, 6.07) is 16.9. The molecule has 0 aliphatic carbocycles. The van der Waals surface area contributed by atoms with Crippen molar-refractivity contribution in [2.24, 2.45) is 11.8 Å². The van der Waals surface area contributed by atoms with Crippen LogP contribution in [0, 0.1) is 11.8 Å². The van der Waals surface area contributed by atoms with E-state index in [0.29, 0.717) is 22.9 Å². The Hall–Kier alpha value is -0.970. The van der Waals surface area contributed by atoms with Crippen molar-refractivity contribution in [3.63, 3.8) is 0 Å². The zero-order chi connectivity index (χ0) is 16.7. The largest absolute Gasteiger partial charge is 0.506 e. The monoisotopic (exact) mass is 414 g/mol. The summed E-state index contributed by atoms with van der Waals surface area (Å²) in [6.45, 7) is 4.14. The fourth-order valence-corrected chi connectivity index (χ4v) is 4.75. The summed E-state index contributed by atoms with van der Waals surface area (Å²) in [6.07, 6.45) is 0. The van der Waals surface area contributed by atoms with E-state index in [9.17, 15) is 5.11 Å². The number of benzene rings is 2. The molecular weight excluding hydrogens is 391 g/mol. The Morgan fingerprint density at radius 3 is 2.46 bits per heavy atom. The summed E-state index contributed by atoms with van der Waals surface area (Å²) in [5.41, 5.74) is 2.44. The number of nitrogens with zero attached hydrogens (tertiary/aromatic N) is 2. The van der Waals surface area contributed by atoms with Gasteiger partial charge in [0, 0.05) is 32.2 Å². The molecule has 2 heterocycles. The molecule has 1 N–H and O–H groups in total. The fraction of sp³-hybridized carbons (Fsp3) is 0.400. The van der Waals surface area contributed by atoms with E-state index in [0.717, 1.165) is 31.7 Å². The molecule has 0 bridgehead atoms. The first kappa shape index (κ1) is 21.3. The van der Waals surface area contributed by atoms with Crippen molar-refractivity contribution in [1.29, 1.82) is 0 Å². The van der Waals surface area contributed by atoms with Gasteiger partial charge in [-0.15, -0.1) is 24.8 Å². The third-order valence-corrected chi connectivity index (χ3v) is 6.00. The van der Waals surface area contributed by atoms with Gasteiger partial charge in [-0.1, -0.05) is 54.1 Å². The Balaban J connectivity index is 0.00000121. The summed E-state index contributed by atoms with van der Waals surface area (Å²) >= 11 is 6.26. The van der Waals surface area contributed by atoms with Gasteiger partial charge in [-0.25, -0.2) is 0 Å². The molecule has 2 aromatic carbocycles. The highest BCUT2D eigenvalue weighted by atomic mass is 35.5. The van der Waals surface area contributed by atoms with Crippen molar-refractivity contribution in [3.8, 4) is 5.75 Å². The molecule has 0 unspecified atom stereocenters. The first-order valence-corrected chi connectivity index (χ1v) is 8.95. The molecule has 142 valence electrons. The minimum Gasteiger partial charge on any atom is -0.506 e. The van der Waals surface area contributed by atoms with Gasteiger partial charge in [0.05, 0.1) is 5.02 Å². The van der Waals surface area contributed by atoms with Gasteiger partial charge < -0.3 is 5.11 Å². The molecule has 3 nitrogen and oxygen atoms in total. The van der Waals surface area contributed by atoms with Crippen LogP contribution in [0.2, 0.25) is 5.02 Å². The summed E-state index contributed by atoms with van der Waals surface area (Å²) < 4.78 is 0. The number of fused-ring (bicyclic) bond motifs is 1. The molecule has 0 radical (unpaired) electrons. The van der Waals surface area contributed by atoms with Gasteiger partial charge in [0.1, 0.15) is 5.75 Å². The smallest absolute Gasteiger partial charge is 0.134 e. The zero-order valence-corrected chi connectivity index (χ0v) is 17.1. The third-order valence-electron chi connectivity index (χ3n) is 5.56. The summed E-state index contributed by atoms with van der Waals surface area (Å²) in [7, 11) is 2.24. The van der Waals surface area contributed by atoms with E-state index in [-0.39, 0.29) is 30.6 Å². The molecule has 2 fully saturated rings. The van der Waals surface area contributed by atoms with Crippen LogP contribution >= 0.6 is 36.4 Å². The predicted octanol–water partition coefficient (Wildman–Crippen LogP) is 4.62. The molecule has 2 aliphatic rings. The van der Waals surface area contributed by atoms with Crippen molar-refractivity contribution in [2.75, 3.05) is 26.7 Å². The number of hydrogen-bond donors (Lipinski definition) is 1. The van der Waals surface area contributed by atoms with Crippen molar-refractivity contribution in [1.82, 2.24) is 9.80 Å². The molecular formula is C20H25Cl3N2O. The van der Waals surface area contributed by atoms with E-state index in [2.05, 4.69) is 47.2 Å². The Bertz CT molecular complexity index is 728. The van der Waals surface area contributed by atoms with E-state index >= 15 is 0 Å². The predicted molar refractivity (Wildman–Crippen MR) is 112 cm³/mol. The minimum absolute atomic E-state index is 0. The average Bonchev–Trinajstić information content (AvgIpc) is 3.08. The molecule has 3 atom stereocenters. The quantitative estimate of drug-likeness (QED) is 0.792. The van der Waals surface area contributed by atoms with Crippen LogP contribution < -0.4 is 0 Å². The minimum atomic E-state index is 0. The van der Waals surface area contributed by atoms with Gasteiger partial charge >= 0.3 is 0 Å². The lowest BCUT2D eigenvalue weighted by atomic mass is 9.90. The van der Waals surface area contributed by atoms with Gasteiger partial charge in [0.15, 0.2) is 0 Å². The lowest BCUT2D eigenvalue weighted by Crippen LogP contribution is -2.29. The number of phenolic OH excluding ortho intramolecular Hbond substituents is 1. The Labute approximate surface area is 172 Å². The van der Waals surface area contributed by atoms with Crippen LogP contribution in [0.5, 0.6) is 5.75 Å². The lowest BCUT2D eigenvalue weighted by molar-refractivity contribution is 0.224. The Kier molecular flexibility index (Phi) is 7.23. The van der Waals surface area contributed by atoms with Gasteiger partial charge in [-0.05, 0) is 36.1 Å². The highest BCUT2D eigenvalue weighted by Crippen LogP contribution is 2.44. The van der Waals surface area contributed by atoms with Gasteiger partial charge in [0.25, 0.3) is 0 Å². The molecule has 26 heavy (non-hydrogen) atoms. The second-order valence-corrected chi connectivity index (χ2v) is 7.54. The van der Waals surface area contributed by atoms with Gasteiger partial charge in [-0.2, -0.15) is 0 Å². The van der Waals surface area contributed by atoms with E-state index in [4.69, 9.17) is 11.6 Å². The zero-order valence-electron chi connectivity index (χ0n) is 14.7. The summed E-state index contributed by atoms with van der Waals surface area (Å²) in [4.78, 5) is 4.99. The SMILES string of the molecule is CN1C[C@H]2CN(Cc3cccc(O)c3Cl)C[C@H]2[C@@H]1c1ccccc1.Cl.Cl. The normalized spacial score (nSPS) is 25.4. The topological polar surface area (TPSA) is 26.7 Å². The van der Waals surface area contributed by atoms with Crippen molar-refractivity contribution in [3.05, 3.63) is 64.7 Å². The summed E-state index contributed by atoms with van der Waals surface area (Å²) in [5, 5.41) is 10.3. The van der Waals surface area contributed by atoms with Crippen LogP contribution in [0.25, 0.3) is 0 Å². The van der Waals surface area contributed by atoms with Crippen LogP contribution in [-0.4, -0.2) is 41.6 Å². The average molecular weight is 416 g/mol. The van der Waals surface area contributed by atoms with Crippen LogP contribution in [0.15, 0.2) is 48.5 Å². The van der Waals surface area contributed by atoms with Crippen molar-refractivity contribution in [2.45, 2.75) is 12.6 Å². The number of halogens is 3. The van der Waals surface area contributed by atoms with Crippen LogP contribution in [0.1, 0.15) is 17.2 Å². The first-order chi connectivity index (χ1) is 11.6. The van der Waals surface area contributed by atoms with Gasteiger partial charge in [-0.3, -0.25) is 9.80 Å². The molecule has 0 amide bonds.